The van der Waals surface area contributed by atoms with Crippen LogP contribution in [0, 0.1) is 0 Å². The Kier molecular flexibility index (Phi) is 3.50. The highest BCUT2D eigenvalue weighted by molar-refractivity contribution is 5.39. The van der Waals surface area contributed by atoms with Crippen molar-refractivity contribution in [2.45, 2.75) is 32.2 Å². The van der Waals surface area contributed by atoms with Gasteiger partial charge in [-0.1, -0.05) is 12.1 Å². The molecule has 0 spiro atoms. The van der Waals surface area contributed by atoms with Gasteiger partial charge < -0.3 is 10.1 Å². The molecule has 0 bridgehead atoms. The summed E-state index contributed by atoms with van der Waals surface area (Å²) in [6, 6.07) is 6.69. The van der Waals surface area contributed by atoms with Gasteiger partial charge in [0.2, 0.25) is 0 Å². The van der Waals surface area contributed by atoms with Crippen molar-refractivity contribution in [3.05, 3.63) is 29.3 Å². The van der Waals surface area contributed by atoms with Gasteiger partial charge in [-0.3, -0.25) is 4.90 Å². The molecule has 1 fully saturated rings. The highest BCUT2D eigenvalue weighted by Gasteiger charge is 2.25. The van der Waals surface area contributed by atoms with Crippen molar-refractivity contribution in [1.29, 1.82) is 0 Å². The van der Waals surface area contributed by atoms with Gasteiger partial charge in [0.15, 0.2) is 0 Å². The Morgan fingerprint density at radius 3 is 3.11 bits per heavy atom. The fourth-order valence-electron chi connectivity index (χ4n) is 3.12. The van der Waals surface area contributed by atoms with Crippen molar-refractivity contribution in [3.63, 3.8) is 0 Å². The number of hydrogen-bond acceptors (Lipinski definition) is 3. The molecule has 3 rings (SSSR count). The summed E-state index contributed by atoms with van der Waals surface area (Å²) in [6.45, 7) is 9.98. The van der Waals surface area contributed by atoms with E-state index in [-0.39, 0.29) is 5.54 Å². The van der Waals surface area contributed by atoms with Gasteiger partial charge in [-0.2, -0.15) is 0 Å². The Morgan fingerprint density at radius 1 is 1.37 bits per heavy atom. The van der Waals surface area contributed by atoms with E-state index >= 15 is 0 Å². The number of rotatable bonds is 3. The SMILES string of the molecule is CC1(C)CN(CCc2ccc3c(c2)CCO3)CCN1. The first-order valence-electron chi connectivity index (χ1n) is 7.34. The molecule has 1 saturated heterocycles. The van der Waals surface area contributed by atoms with Crippen LogP contribution in [0.4, 0.5) is 0 Å². The molecule has 104 valence electrons. The molecule has 0 radical (unpaired) electrons. The summed E-state index contributed by atoms with van der Waals surface area (Å²) in [5.74, 6) is 1.09. The summed E-state index contributed by atoms with van der Waals surface area (Å²) in [5.41, 5.74) is 3.09. The molecule has 0 atom stereocenters. The zero-order valence-corrected chi connectivity index (χ0v) is 12.0. The molecule has 19 heavy (non-hydrogen) atoms. The van der Waals surface area contributed by atoms with E-state index in [9.17, 15) is 0 Å². The molecule has 2 aliphatic heterocycles. The van der Waals surface area contributed by atoms with Crippen LogP contribution in [-0.4, -0.2) is 43.2 Å². The second kappa shape index (κ2) is 5.14. The van der Waals surface area contributed by atoms with Crippen LogP contribution in [0.3, 0.4) is 0 Å². The predicted molar refractivity (Wildman–Crippen MR) is 77.9 cm³/mol. The van der Waals surface area contributed by atoms with Crippen LogP contribution in [0.25, 0.3) is 0 Å². The number of benzene rings is 1. The molecule has 2 heterocycles. The van der Waals surface area contributed by atoms with E-state index in [4.69, 9.17) is 4.74 Å². The zero-order valence-electron chi connectivity index (χ0n) is 12.0. The van der Waals surface area contributed by atoms with Crippen molar-refractivity contribution in [2.75, 3.05) is 32.8 Å². The monoisotopic (exact) mass is 260 g/mol. The molecule has 0 amide bonds. The van der Waals surface area contributed by atoms with Gasteiger partial charge in [0.1, 0.15) is 5.75 Å². The largest absolute Gasteiger partial charge is 0.493 e. The summed E-state index contributed by atoms with van der Waals surface area (Å²) >= 11 is 0. The highest BCUT2D eigenvalue weighted by atomic mass is 16.5. The summed E-state index contributed by atoms with van der Waals surface area (Å²) in [4.78, 5) is 2.57. The maximum absolute atomic E-state index is 5.56. The highest BCUT2D eigenvalue weighted by Crippen LogP contribution is 2.26. The van der Waals surface area contributed by atoms with Crippen LogP contribution >= 0.6 is 0 Å². The summed E-state index contributed by atoms with van der Waals surface area (Å²) < 4.78 is 5.56. The number of fused-ring (bicyclic) bond motifs is 1. The average Bonchev–Trinajstić information content (AvgIpc) is 2.82. The molecule has 1 N–H and O–H groups in total. The Balaban J connectivity index is 1.57. The minimum Gasteiger partial charge on any atom is -0.493 e. The summed E-state index contributed by atoms with van der Waals surface area (Å²) in [5, 5.41) is 3.56. The fraction of sp³-hybridized carbons (Fsp3) is 0.625. The molecular formula is C16H24N2O. The normalized spacial score (nSPS) is 22.0. The van der Waals surface area contributed by atoms with Gasteiger partial charge >= 0.3 is 0 Å². The predicted octanol–water partition coefficient (Wildman–Crippen LogP) is 1.85. The van der Waals surface area contributed by atoms with Gasteiger partial charge in [0.25, 0.3) is 0 Å². The van der Waals surface area contributed by atoms with E-state index in [1.54, 1.807) is 0 Å². The van der Waals surface area contributed by atoms with E-state index in [1.807, 2.05) is 0 Å². The molecule has 0 unspecified atom stereocenters. The van der Waals surface area contributed by atoms with E-state index in [0.29, 0.717) is 0 Å². The minimum atomic E-state index is 0.254. The zero-order chi connectivity index (χ0) is 13.3. The van der Waals surface area contributed by atoms with Crippen LogP contribution in [-0.2, 0) is 12.8 Å². The van der Waals surface area contributed by atoms with Crippen LogP contribution in [0.5, 0.6) is 5.75 Å². The Bertz CT molecular complexity index is 456. The van der Waals surface area contributed by atoms with Crippen LogP contribution in [0.1, 0.15) is 25.0 Å². The molecule has 1 aromatic carbocycles. The van der Waals surface area contributed by atoms with Crippen molar-refractivity contribution in [1.82, 2.24) is 10.2 Å². The van der Waals surface area contributed by atoms with Gasteiger partial charge in [0.05, 0.1) is 6.61 Å². The van der Waals surface area contributed by atoms with E-state index < -0.39 is 0 Å². The lowest BCUT2D eigenvalue weighted by molar-refractivity contribution is 0.156. The van der Waals surface area contributed by atoms with Crippen molar-refractivity contribution in [3.8, 4) is 5.75 Å². The molecule has 3 heteroatoms. The van der Waals surface area contributed by atoms with Crippen LogP contribution in [0.15, 0.2) is 18.2 Å². The Morgan fingerprint density at radius 2 is 2.26 bits per heavy atom. The van der Waals surface area contributed by atoms with Gasteiger partial charge in [-0.05, 0) is 37.5 Å². The molecule has 1 aromatic rings. The van der Waals surface area contributed by atoms with Gasteiger partial charge in [-0.15, -0.1) is 0 Å². The number of nitrogens with zero attached hydrogens (tertiary/aromatic N) is 1. The van der Waals surface area contributed by atoms with Crippen molar-refractivity contribution in [2.24, 2.45) is 0 Å². The van der Waals surface area contributed by atoms with Gasteiger partial charge in [-0.25, -0.2) is 0 Å². The molecule has 0 aliphatic carbocycles. The third-order valence-electron chi connectivity index (χ3n) is 4.12. The Hall–Kier alpha value is -1.06. The molecule has 0 aromatic heterocycles. The molecule has 0 saturated carbocycles. The first-order chi connectivity index (χ1) is 9.12. The maximum Gasteiger partial charge on any atom is 0.122 e. The quantitative estimate of drug-likeness (QED) is 0.897. The topological polar surface area (TPSA) is 24.5 Å². The summed E-state index contributed by atoms with van der Waals surface area (Å²) in [7, 11) is 0. The lowest BCUT2D eigenvalue weighted by atomic mass is 10.0. The third-order valence-corrected chi connectivity index (χ3v) is 4.12. The van der Waals surface area contributed by atoms with E-state index in [2.05, 4.69) is 42.3 Å². The minimum absolute atomic E-state index is 0.254. The molecular weight excluding hydrogens is 236 g/mol. The third kappa shape index (κ3) is 3.10. The van der Waals surface area contributed by atoms with Crippen LogP contribution < -0.4 is 10.1 Å². The number of nitrogens with one attached hydrogen (secondary N) is 1. The summed E-state index contributed by atoms with van der Waals surface area (Å²) in [6.07, 6.45) is 2.22. The molecule has 3 nitrogen and oxygen atoms in total. The standard InChI is InChI=1S/C16H24N2O/c1-16(2)12-18(9-7-17-16)8-5-13-3-4-15-14(11-13)6-10-19-15/h3-4,11,17H,5-10,12H2,1-2H3. The lowest BCUT2D eigenvalue weighted by Crippen LogP contribution is -2.57. The fourth-order valence-corrected chi connectivity index (χ4v) is 3.12. The first kappa shape index (κ1) is 12.9. The Labute approximate surface area is 115 Å². The second-order valence-electron chi connectivity index (χ2n) is 6.38. The number of hydrogen-bond donors (Lipinski definition) is 1. The number of piperazine rings is 1. The first-order valence-corrected chi connectivity index (χ1v) is 7.34. The lowest BCUT2D eigenvalue weighted by Gasteiger charge is -2.39. The van der Waals surface area contributed by atoms with E-state index in [1.165, 1.54) is 11.1 Å². The molecule has 2 aliphatic rings. The smallest absolute Gasteiger partial charge is 0.122 e. The van der Waals surface area contributed by atoms with Crippen molar-refractivity contribution >= 4 is 0 Å². The van der Waals surface area contributed by atoms with Crippen LogP contribution in [0.2, 0.25) is 0 Å². The average molecular weight is 260 g/mol. The van der Waals surface area contributed by atoms with E-state index in [0.717, 1.165) is 51.4 Å². The maximum atomic E-state index is 5.56. The van der Waals surface area contributed by atoms with Gasteiger partial charge in [0, 0.05) is 38.1 Å². The number of ether oxygens (including phenoxy) is 1. The second-order valence-corrected chi connectivity index (χ2v) is 6.38. The van der Waals surface area contributed by atoms with Crippen molar-refractivity contribution < 1.29 is 4.74 Å².